The summed E-state index contributed by atoms with van der Waals surface area (Å²) >= 11 is 0. The number of piperazine rings is 1. The zero-order chi connectivity index (χ0) is 24.4. The average Bonchev–Trinajstić information content (AvgIpc) is 3.32. The van der Waals surface area contributed by atoms with Crippen molar-refractivity contribution in [3.63, 3.8) is 0 Å². The Bertz CT molecular complexity index is 1200. The Balaban J connectivity index is 1.18. The van der Waals surface area contributed by atoms with Gasteiger partial charge in [-0.3, -0.25) is 4.90 Å². The van der Waals surface area contributed by atoms with E-state index in [0.29, 0.717) is 17.3 Å². The van der Waals surface area contributed by atoms with Gasteiger partial charge in [-0.1, -0.05) is 18.2 Å². The summed E-state index contributed by atoms with van der Waals surface area (Å²) in [5.41, 5.74) is 1.89. The number of hydrogen-bond donors (Lipinski definition) is 1. The number of alkyl halides is 3. The Kier molecular flexibility index (Phi) is 6.38. The second kappa shape index (κ2) is 9.61. The number of aryl methyl sites for hydroxylation is 1. The van der Waals surface area contributed by atoms with Gasteiger partial charge >= 0.3 is 6.18 Å². The lowest BCUT2D eigenvalue weighted by molar-refractivity contribution is -0.137. The van der Waals surface area contributed by atoms with Crippen molar-refractivity contribution < 1.29 is 22.6 Å². The van der Waals surface area contributed by atoms with Crippen LogP contribution < -0.4 is 19.7 Å². The van der Waals surface area contributed by atoms with Crippen LogP contribution in [0.5, 0.6) is 11.5 Å². The number of anilines is 2. The molecule has 184 valence electrons. The molecule has 0 atom stereocenters. The second-order valence-electron chi connectivity index (χ2n) is 8.70. The van der Waals surface area contributed by atoms with Crippen molar-refractivity contribution in [1.82, 2.24) is 14.9 Å². The largest absolute Gasteiger partial charge is 0.454 e. The fraction of sp³-hybridized carbons (Fsp3) is 0.360. The van der Waals surface area contributed by atoms with Gasteiger partial charge in [-0.25, -0.2) is 4.98 Å². The fourth-order valence-electron chi connectivity index (χ4n) is 4.21. The van der Waals surface area contributed by atoms with E-state index in [2.05, 4.69) is 31.2 Å². The van der Waals surface area contributed by atoms with Crippen LogP contribution in [0.4, 0.5) is 24.9 Å². The van der Waals surface area contributed by atoms with E-state index < -0.39 is 11.7 Å². The highest BCUT2D eigenvalue weighted by atomic mass is 19.4. The maximum atomic E-state index is 13.0. The molecule has 2 aromatic carbocycles. The number of ether oxygens (including phenoxy) is 2. The molecule has 1 aromatic heterocycles. The fourth-order valence-corrected chi connectivity index (χ4v) is 4.21. The number of aromatic nitrogens is 2. The molecule has 2 aliphatic rings. The lowest BCUT2D eigenvalue weighted by Gasteiger charge is -2.35. The van der Waals surface area contributed by atoms with Crippen molar-refractivity contribution in [2.75, 3.05) is 43.2 Å². The summed E-state index contributed by atoms with van der Waals surface area (Å²) in [4.78, 5) is 13.7. The minimum atomic E-state index is -4.36. The monoisotopic (exact) mass is 485 g/mol. The molecular weight excluding hydrogens is 459 g/mol. The first kappa shape index (κ1) is 23.2. The lowest BCUT2D eigenvalue weighted by atomic mass is 10.1. The van der Waals surface area contributed by atoms with Crippen LogP contribution in [0.2, 0.25) is 0 Å². The smallest absolute Gasteiger partial charge is 0.416 e. The molecule has 0 unspecified atom stereocenters. The van der Waals surface area contributed by atoms with Crippen molar-refractivity contribution >= 4 is 11.8 Å². The average molecular weight is 486 g/mol. The number of hydrogen-bond acceptors (Lipinski definition) is 7. The van der Waals surface area contributed by atoms with Crippen molar-refractivity contribution in [2.45, 2.75) is 26.2 Å². The normalized spacial score (nSPS) is 15.9. The van der Waals surface area contributed by atoms with Gasteiger partial charge in [-0.2, -0.15) is 18.2 Å². The van der Waals surface area contributed by atoms with Gasteiger partial charge in [0.05, 0.1) is 5.56 Å². The number of nitrogens with zero attached hydrogens (tertiary/aromatic N) is 4. The number of fused-ring (bicyclic) bond motifs is 1. The third-order valence-electron chi connectivity index (χ3n) is 6.17. The molecule has 3 heterocycles. The van der Waals surface area contributed by atoms with Gasteiger partial charge in [-0.15, -0.1) is 0 Å². The Hall–Kier alpha value is -3.53. The molecular formula is C25H26F3N5O2. The number of rotatable bonds is 6. The molecule has 7 nitrogen and oxygen atoms in total. The maximum Gasteiger partial charge on any atom is 0.416 e. The van der Waals surface area contributed by atoms with Crippen molar-refractivity contribution in [1.29, 1.82) is 0 Å². The van der Waals surface area contributed by atoms with E-state index in [0.717, 1.165) is 61.9 Å². The quantitative estimate of drug-likeness (QED) is 0.553. The molecule has 10 heteroatoms. The third-order valence-corrected chi connectivity index (χ3v) is 6.17. The summed E-state index contributed by atoms with van der Waals surface area (Å²) < 4.78 is 49.8. The molecule has 1 fully saturated rings. The first-order valence-corrected chi connectivity index (χ1v) is 11.4. The summed E-state index contributed by atoms with van der Waals surface area (Å²) in [5, 5.41) is 3.17. The number of benzene rings is 2. The molecule has 0 saturated carbocycles. The zero-order valence-electron chi connectivity index (χ0n) is 19.3. The summed E-state index contributed by atoms with van der Waals surface area (Å²) in [6, 6.07) is 11.3. The SMILES string of the molecule is Cc1cnc(N2CCN(Cc3ccc4c(c3)OCO4)CC2)nc1NCc1cccc(C(F)(F)F)c1. The number of nitrogens with one attached hydrogen (secondary N) is 1. The Morgan fingerprint density at radius 2 is 1.77 bits per heavy atom. The van der Waals surface area contributed by atoms with Crippen LogP contribution in [-0.4, -0.2) is 47.8 Å². The first-order valence-electron chi connectivity index (χ1n) is 11.4. The van der Waals surface area contributed by atoms with Gasteiger partial charge in [0.1, 0.15) is 5.82 Å². The molecule has 0 aliphatic carbocycles. The molecule has 1 saturated heterocycles. The van der Waals surface area contributed by atoms with Crippen LogP contribution in [0, 0.1) is 6.92 Å². The van der Waals surface area contributed by atoms with Gasteiger partial charge < -0.3 is 19.7 Å². The Labute approximate surface area is 201 Å². The minimum absolute atomic E-state index is 0.241. The predicted molar refractivity (Wildman–Crippen MR) is 126 cm³/mol. The molecule has 3 aromatic rings. The summed E-state index contributed by atoms with van der Waals surface area (Å²) in [5.74, 6) is 2.81. The highest BCUT2D eigenvalue weighted by Gasteiger charge is 2.30. The van der Waals surface area contributed by atoms with Gasteiger partial charge in [0, 0.05) is 51.0 Å². The highest BCUT2D eigenvalue weighted by Crippen LogP contribution is 2.33. The summed E-state index contributed by atoms with van der Waals surface area (Å²) in [6.45, 7) is 6.48. The van der Waals surface area contributed by atoms with Crippen LogP contribution in [0.15, 0.2) is 48.7 Å². The van der Waals surface area contributed by atoms with Crippen LogP contribution in [0.3, 0.4) is 0 Å². The molecule has 35 heavy (non-hydrogen) atoms. The van der Waals surface area contributed by atoms with E-state index in [9.17, 15) is 13.2 Å². The van der Waals surface area contributed by atoms with E-state index in [1.54, 1.807) is 12.3 Å². The summed E-state index contributed by atoms with van der Waals surface area (Å²) in [6.07, 6.45) is -2.62. The molecule has 0 bridgehead atoms. The predicted octanol–water partition coefficient (Wildman–Crippen LogP) is 4.47. The van der Waals surface area contributed by atoms with Crippen molar-refractivity contribution in [3.8, 4) is 11.5 Å². The van der Waals surface area contributed by atoms with Crippen LogP contribution in [0.25, 0.3) is 0 Å². The lowest BCUT2D eigenvalue weighted by Crippen LogP contribution is -2.46. The van der Waals surface area contributed by atoms with Crippen LogP contribution in [-0.2, 0) is 19.3 Å². The Morgan fingerprint density at radius 3 is 2.57 bits per heavy atom. The topological polar surface area (TPSA) is 62.8 Å². The van der Waals surface area contributed by atoms with Gasteiger partial charge in [0.25, 0.3) is 0 Å². The molecule has 1 N–H and O–H groups in total. The molecule has 0 radical (unpaired) electrons. The molecule has 0 amide bonds. The highest BCUT2D eigenvalue weighted by molar-refractivity contribution is 5.48. The molecule has 5 rings (SSSR count). The number of halogens is 3. The van der Waals surface area contributed by atoms with E-state index in [1.807, 2.05) is 19.1 Å². The van der Waals surface area contributed by atoms with Crippen molar-refractivity contribution in [3.05, 3.63) is 70.9 Å². The van der Waals surface area contributed by atoms with E-state index in [4.69, 9.17) is 9.47 Å². The van der Waals surface area contributed by atoms with E-state index in [1.165, 1.54) is 11.6 Å². The van der Waals surface area contributed by atoms with Gasteiger partial charge in [-0.05, 0) is 42.3 Å². The molecule has 0 spiro atoms. The van der Waals surface area contributed by atoms with Crippen LogP contribution >= 0.6 is 0 Å². The van der Waals surface area contributed by atoms with E-state index in [-0.39, 0.29) is 13.3 Å². The molecule has 2 aliphatic heterocycles. The van der Waals surface area contributed by atoms with E-state index >= 15 is 0 Å². The third kappa shape index (κ3) is 5.43. The summed E-state index contributed by atoms with van der Waals surface area (Å²) in [7, 11) is 0. The van der Waals surface area contributed by atoms with Gasteiger partial charge in [0.2, 0.25) is 12.7 Å². The van der Waals surface area contributed by atoms with Crippen molar-refractivity contribution in [2.24, 2.45) is 0 Å². The Morgan fingerprint density at radius 1 is 0.971 bits per heavy atom. The maximum absolute atomic E-state index is 13.0. The minimum Gasteiger partial charge on any atom is -0.454 e. The zero-order valence-corrected chi connectivity index (χ0v) is 19.3. The van der Waals surface area contributed by atoms with Gasteiger partial charge in [0.15, 0.2) is 11.5 Å². The van der Waals surface area contributed by atoms with Crippen LogP contribution in [0.1, 0.15) is 22.3 Å². The first-order chi connectivity index (χ1) is 16.8. The second-order valence-corrected chi connectivity index (χ2v) is 8.70. The standard InChI is InChI=1S/C25H26F3N5O2/c1-17-13-30-24(31-23(17)29-14-18-3-2-4-20(11-18)25(26,27)28)33-9-7-32(8-10-33)15-19-5-6-21-22(12-19)35-16-34-21/h2-6,11-13H,7-10,14-16H2,1H3,(H,29,30,31).